The second-order valence-electron chi connectivity index (χ2n) is 4.37. The largest absolute Gasteiger partial charge is 0.374 e. The summed E-state index contributed by atoms with van der Waals surface area (Å²) >= 11 is 7.90. The number of benzene rings is 1. The van der Waals surface area contributed by atoms with Gasteiger partial charge in [-0.2, -0.15) is 5.10 Å². The average Bonchev–Trinajstić information content (AvgIpc) is 3.01. The Labute approximate surface area is 120 Å². The Morgan fingerprint density at radius 3 is 2.95 bits per heavy atom. The molecule has 0 saturated carbocycles. The van der Waals surface area contributed by atoms with E-state index in [9.17, 15) is 0 Å². The van der Waals surface area contributed by atoms with E-state index in [1.165, 1.54) is 0 Å². The quantitative estimate of drug-likeness (QED) is 0.797. The predicted molar refractivity (Wildman–Crippen MR) is 79.9 cm³/mol. The van der Waals surface area contributed by atoms with E-state index in [0.29, 0.717) is 5.02 Å². The molecule has 0 saturated heterocycles. The van der Waals surface area contributed by atoms with Crippen LogP contribution < -0.4 is 5.32 Å². The fourth-order valence-electron chi connectivity index (χ4n) is 2.14. The molecule has 0 bridgehead atoms. The van der Waals surface area contributed by atoms with E-state index in [1.807, 2.05) is 35.4 Å². The van der Waals surface area contributed by atoms with E-state index in [1.54, 1.807) is 17.5 Å². The second kappa shape index (κ2) is 4.83. The predicted octanol–water partition coefficient (Wildman–Crippen LogP) is 3.86. The first kappa shape index (κ1) is 12.4. The van der Waals surface area contributed by atoms with Gasteiger partial charge in [0.2, 0.25) is 0 Å². The van der Waals surface area contributed by atoms with E-state index in [2.05, 4.69) is 22.3 Å². The number of aryl methyl sites for hydroxylation is 1. The van der Waals surface area contributed by atoms with Crippen LogP contribution in [-0.4, -0.2) is 14.8 Å². The van der Waals surface area contributed by atoms with Gasteiger partial charge in [-0.25, -0.2) is 4.98 Å². The lowest BCUT2D eigenvalue weighted by Gasteiger charge is -2.17. The van der Waals surface area contributed by atoms with E-state index < -0.39 is 0 Å². The standard InChI is InChI=1S/C13H13ClN4S/c1-8(10-5-6-16-18(10)2)17-12-9(14)3-4-11-13(12)15-7-19-11/h3-8,17H,1-2H3. The van der Waals surface area contributed by atoms with Gasteiger partial charge >= 0.3 is 0 Å². The maximum atomic E-state index is 6.29. The Morgan fingerprint density at radius 2 is 2.21 bits per heavy atom. The summed E-state index contributed by atoms with van der Waals surface area (Å²) in [4.78, 5) is 4.39. The number of fused-ring (bicyclic) bond motifs is 1. The Hall–Kier alpha value is -1.59. The number of thiazole rings is 1. The van der Waals surface area contributed by atoms with Gasteiger partial charge in [-0.3, -0.25) is 4.68 Å². The third kappa shape index (κ3) is 2.19. The van der Waals surface area contributed by atoms with Crippen molar-refractivity contribution in [3.8, 4) is 0 Å². The SMILES string of the molecule is CC(Nc1c(Cl)ccc2scnc12)c1ccnn1C. The second-order valence-corrected chi connectivity index (χ2v) is 5.66. The molecule has 19 heavy (non-hydrogen) atoms. The molecule has 0 amide bonds. The maximum Gasteiger partial charge on any atom is 0.106 e. The Morgan fingerprint density at radius 1 is 1.37 bits per heavy atom. The molecule has 4 nitrogen and oxygen atoms in total. The highest BCUT2D eigenvalue weighted by atomic mass is 35.5. The summed E-state index contributed by atoms with van der Waals surface area (Å²) < 4.78 is 2.98. The molecule has 0 aliphatic carbocycles. The number of hydrogen-bond acceptors (Lipinski definition) is 4. The Kier molecular flexibility index (Phi) is 3.16. The zero-order valence-corrected chi connectivity index (χ0v) is 12.2. The van der Waals surface area contributed by atoms with Gasteiger partial charge in [0.15, 0.2) is 0 Å². The van der Waals surface area contributed by atoms with Crippen molar-refractivity contribution in [2.45, 2.75) is 13.0 Å². The average molecular weight is 293 g/mol. The highest BCUT2D eigenvalue weighted by Crippen LogP contribution is 2.34. The summed E-state index contributed by atoms with van der Waals surface area (Å²) in [6, 6.07) is 6.00. The summed E-state index contributed by atoms with van der Waals surface area (Å²) in [7, 11) is 1.93. The molecule has 2 heterocycles. The number of nitrogens with one attached hydrogen (secondary N) is 1. The molecule has 0 aliphatic heterocycles. The van der Waals surface area contributed by atoms with Crippen LogP contribution in [0.4, 0.5) is 5.69 Å². The van der Waals surface area contributed by atoms with Crippen molar-refractivity contribution in [3.63, 3.8) is 0 Å². The van der Waals surface area contributed by atoms with E-state index in [0.717, 1.165) is 21.6 Å². The van der Waals surface area contributed by atoms with Gasteiger partial charge in [-0.15, -0.1) is 11.3 Å². The van der Waals surface area contributed by atoms with E-state index >= 15 is 0 Å². The normalized spacial score (nSPS) is 12.8. The van der Waals surface area contributed by atoms with Crippen LogP contribution in [-0.2, 0) is 7.05 Å². The summed E-state index contributed by atoms with van der Waals surface area (Å²) in [6.07, 6.45) is 1.79. The summed E-state index contributed by atoms with van der Waals surface area (Å²) in [5, 5.41) is 8.31. The van der Waals surface area contributed by atoms with Crippen molar-refractivity contribution in [3.05, 3.63) is 40.6 Å². The topological polar surface area (TPSA) is 42.7 Å². The van der Waals surface area contributed by atoms with Crippen molar-refractivity contribution in [2.75, 3.05) is 5.32 Å². The molecule has 1 atom stereocenters. The molecule has 1 unspecified atom stereocenters. The molecular weight excluding hydrogens is 280 g/mol. The minimum absolute atomic E-state index is 0.109. The van der Waals surface area contributed by atoms with E-state index in [-0.39, 0.29) is 6.04 Å². The summed E-state index contributed by atoms with van der Waals surface area (Å²) in [5.41, 5.74) is 4.74. The zero-order chi connectivity index (χ0) is 13.4. The molecule has 3 rings (SSSR count). The Balaban J connectivity index is 1.99. The molecule has 1 N–H and O–H groups in total. The highest BCUT2D eigenvalue weighted by molar-refractivity contribution is 7.16. The molecule has 1 aromatic carbocycles. The van der Waals surface area contributed by atoms with Crippen molar-refractivity contribution in [1.82, 2.24) is 14.8 Å². The maximum absolute atomic E-state index is 6.29. The molecule has 0 radical (unpaired) electrons. The highest BCUT2D eigenvalue weighted by Gasteiger charge is 2.14. The summed E-state index contributed by atoms with van der Waals surface area (Å²) in [5.74, 6) is 0. The number of hydrogen-bond donors (Lipinski definition) is 1. The first-order valence-electron chi connectivity index (χ1n) is 5.93. The van der Waals surface area contributed by atoms with Crippen molar-refractivity contribution >= 4 is 38.8 Å². The van der Waals surface area contributed by atoms with Crippen LogP contribution in [0.15, 0.2) is 29.9 Å². The van der Waals surface area contributed by atoms with Crippen molar-refractivity contribution < 1.29 is 0 Å². The molecule has 3 aromatic rings. The van der Waals surface area contributed by atoms with Crippen molar-refractivity contribution in [1.29, 1.82) is 0 Å². The van der Waals surface area contributed by atoms with Gasteiger partial charge in [-0.1, -0.05) is 11.6 Å². The van der Waals surface area contributed by atoms with Gasteiger partial charge in [0.25, 0.3) is 0 Å². The summed E-state index contributed by atoms with van der Waals surface area (Å²) in [6.45, 7) is 2.08. The van der Waals surface area contributed by atoms with Gasteiger partial charge in [-0.05, 0) is 25.1 Å². The fourth-order valence-corrected chi connectivity index (χ4v) is 3.03. The van der Waals surface area contributed by atoms with Crippen LogP contribution in [0.1, 0.15) is 18.7 Å². The van der Waals surface area contributed by atoms with Gasteiger partial charge < -0.3 is 5.32 Å². The number of nitrogens with zero attached hydrogens (tertiary/aromatic N) is 3. The lowest BCUT2D eigenvalue weighted by Crippen LogP contribution is -2.11. The lowest BCUT2D eigenvalue weighted by molar-refractivity contribution is 0.676. The third-order valence-corrected chi connectivity index (χ3v) is 4.22. The first-order chi connectivity index (χ1) is 9.16. The third-order valence-electron chi connectivity index (χ3n) is 3.11. The van der Waals surface area contributed by atoms with Gasteiger partial charge in [0.05, 0.1) is 32.7 Å². The number of anilines is 1. The van der Waals surface area contributed by atoms with Crippen molar-refractivity contribution in [2.24, 2.45) is 7.05 Å². The molecule has 0 aliphatic rings. The van der Waals surface area contributed by atoms with Gasteiger partial charge in [0, 0.05) is 13.2 Å². The fraction of sp³-hybridized carbons (Fsp3) is 0.231. The molecule has 0 fully saturated rings. The molecule has 2 aromatic heterocycles. The smallest absolute Gasteiger partial charge is 0.106 e. The molecular formula is C13H13ClN4S. The van der Waals surface area contributed by atoms with E-state index in [4.69, 9.17) is 11.6 Å². The monoisotopic (exact) mass is 292 g/mol. The first-order valence-corrected chi connectivity index (χ1v) is 7.18. The number of rotatable bonds is 3. The molecule has 98 valence electrons. The van der Waals surface area contributed by atoms with Crippen LogP contribution in [0.25, 0.3) is 10.2 Å². The van der Waals surface area contributed by atoms with Crippen LogP contribution in [0.3, 0.4) is 0 Å². The van der Waals surface area contributed by atoms with Crippen LogP contribution in [0, 0.1) is 0 Å². The Bertz CT molecular complexity index is 718. The van der Waals surface area contributed by atoms with Crippen LogP contribution >= 0.6 is 22.9 Å². The minimum Gasteiger partial charge on any atom is -0.374 e. The van der Waals surface area contributed by atoms with Crippen LogP contribution in [0.5, 0.6) is 0 Å². The molecule has 0 spiro atoms. The number of halogens is 1. The minimum atomic E-state index is 0.109. The van der Waals surface area contributed by atoms with Crippen LogP contribution in [0.2, 0.25) is 5.02 Å². The zero-order valence-electron chi connectivity index (χ0n) is 10.6. The number of aromatic nitrogens is 3. The molecule has 6 heteroatoms. The van der Waals surface area contributed by atoms with Gasteiger partial charge in [0.1, 0.15) is 5.52 Å². The lowest BCUT2D eigenvalue weighted by atomic mass is 10.2.